The zero-order valence-corrected chi connectivity index (χ0v) is 19.1. The summed E-state index contributed by atoms with van der Waals surface area (Å²) in [7, 11) is -3.78. The van der Waals surface area contributed by atoms with Crippen molar-refractivity contribution in [3.8, 4) is 5.75 Å². The number of rotatable bonds is 6. The van der Waals surface area contributed by atoms with Gasteiger partial charge < -0.3 is 10.1 Å². The first-order valence-electron chi connectivity index (χ1n) is 9.72. The SMILES string of the molecule is CCOc1ccc(S(=O)(=O)N2CCC[C@@H](C(=O)Nc3cccc(Cl)c3C)C2)cc1Cl. The van der Waals surface area contributed by atoms with E-state index >= 15 is 0 Å². The summed E-state index contributed by atoms with van der Waals surface area (Å²) in [6, 6.07) is 9.71. The molecule has 0 radical (unpaired) electrons. The number of nitrogens with one attached hydrogen (secondary N) is 1. The van der Waals surface area contributed by atoms with Gasteiger partial charge in [0.25, 0.3) is 0 Å². The van der Waals surface area contributed by atoms with E-state index in [0.717, 1.165) is 5.56 Å². The number of amides is 1. The largest absolute Gasteiger partial charge is 0.492 e. The Morgan fingerprint density at radius 2 is 2.00 bits per heavy atom. The molecule has 1 heterocycles. The molecule has 0 aromatic heterocycles. The number of benzene rings is 2. The summed E-state index contributed by atoms with van der Waals surface area (Å²) in [5.74, 6) is -0.235. The second-order valence-corrected chi connectivity index (χ2v) is 9.88. The Morgan fingerprint density at radius 1 is 1.23 bits per heavy atom. The number of hydrogen-bond acceptors (Lipinski definition) is 4. The highest BCUT2D eigenvalue weighted by atomic mass is 35.5. The Bertz CT molecular complexity index is 1040. The molecule has 1 atom stereocenters. The van der Waals surface area contributed by atoms with Crippen molar-refractivity contribution in [1.29, 1.82) is 0 Å². The Balaban J connectivity index is 1.75. The number of nitrogens with zero attached hydrogens (tertiary/aromatic N) is 1. The third-order valence-corrected chi connectivity index (χ3v) is 7.69. The van der Waals surface area contributed by atoms with Crippen LogP contribution in [0.5, 0.6) is 5.75 Å². The first-order chi connectivity index (χ1) is 14.2. The van der Waals surface area contributed by atoms with Gasteiger partial charge in [0.2, 0.25) is 15.9 Å². The molecule has 0 saturated carbocycles. The molecule has 3 rings (SSSR count). The van der Waals surface area contributed by atoms with Crippen molar-refractivity contribution in [3.63, 3.8) is 0 Å². The molecule has 1 N–H and O–H groups in total. The van der Waals surface area contributed by atoms with Gasteiger partial charge in [-0.05, 0) is 62.6 Å². The smallest absolute Gasteiger partial charge is 0.243 e. The van der Waals surface area contributed by atoms with E-state index in [1.807, 2.05) is 13.8 Å². The highest BCUT2D eigenvalue weighted by molar-refractivity contribution is 7.89. The van der Waals surface area contributed by atoms with Crippen LogP contribution in [0.25, 0.3) is 0 Å². The summed E-state index contributed by atoms with van der Waals surface area (Å²) in [5.41, 5.74) is 1.41. The lowest BCUT2D eigenvalue weighted by molar-refractivity contribution is -0.120. The van der Waals surface area contributed by atoms with Crippen molar-refractivity contribution in [3.05, 3.63) is 52.0 Å². The van der Waals surface area contributed by atoms with Crippen molar-refractivity contribution in [1.82, 2.24) is 4.31 Å². The standard InChI is InChI=1S/C21H24Cl2N2O4S/c1-3-29-20-10-9-16(12-18(20)23)30(27,28)25-11-5-6-15(13-25)21(26)24-19-8-4-7-17(22)14(19)2/h4,7-10,12,15H,3,5-6,11,13H2,1-2H3,(H,24,26)/t15-/m1/s1. The van der Waals surface area contributed by atoms with E-state index in [-0.39, 0.29) is 22.4 Å². The van der Waals surface area contributed by atoms with Crippen molar-refractivity contribution in [2.24, 2.45) is 5.92 Å². The van der Waals surface area contributed by atoms with E-state index in [0.29, 0.717) is 42.5 Å². The average molecular weight is 471 g/mol. The zero-order chi connectivity index (χ0) is 21.9. The third-order valence-electron chi connectivity index (χ3n) is 5.12. The molecule has 0 unspecified atom stereocenters. The average Bonchev–Trinajstić information content (AvgIpc) is 2.73. The Hall–Kier alpha value is -1.80. The quantitative estimate of drug-likeness (QED) is 0.661. The van der Waals surface area contributed by atoms with E-state index in [1.165, 1.54) is 16.4 Å². The van der Waals surface area contributed by atoms with Gasteiger partial charge in [-0.1, -0.05) is 29.3 Å². The number of halogens is 2. The molecule has 1 amide bonds. The maximum atomic E-state index is 13.1. The molecule has 30 heavy (non-hydrogen) atoms. The van der Waals surface area contributed by atoms with E-state index in [2.05, 4.69) is 5.32 Å². The number of piperidine rings is 1. The summed E-state index contributed by atoms with van der Waals surface area (Å²) in [6.45, 7) is 4.54. The number of carbonyl (C=O) groups is 1. The van der Waals surface area contributed by atoms with E-state index in [9.17, 15) is 13.2 Å². The van der Waals surface area contributed by atoms with E-state index in [4.69, 9.17) is 27.9 Å². The van der Waals surface area contributed by atoms with Crippen LogP contribution in [0.2, 0.25) is 10.0 Å². The topological polar surface area (TPSA) is 75.7 Å². The molecule has 0 spiro atoms. The number of ether oxygens (including phenoxy) is 1. The second-order valence-electron chi connectivity index (χ2n) is 7.13. The van der Waals surface area contributed by atoms with Crippen molar-refractivity contribution < 1.29 is 17.9 Å². The van der Waals surface area contributed by atoms with Crippen molar-refractivity contribution >= 4 is 44.8 Å². The normalized spacial score (nSPS) is 17.5. The van der Waals surface area contributed by atoms with Gasteiger partial charge in [-0.2, -0.15) is 4.31 Å². The van der Waals surface area contributed by atoms with Gasteiger partial charge in [-0.25, -0.2) is 8.42 Å². The predicted octanol–water partition coefficient (Wildman–Crippen LogP) is 4.74. The van der Waals surface area contributed by atoms with Crippen LogP contribution in [-0.2, 0) is 14.8 Å². The van der Waals surface area contributed by atoms with Crippen molar-refractivity contribution in [2.75, 3.05) is 25.0 Å². The lowest BCUT2D eigenvalue weighted by Crippen LogP contribution is -2.43. The molecule has 2 aromatic carbocycles. The fraction of sp³-hybridized carbons (Fsp3) is 0.381. The van der Waals surface area contributed by atoms with Gasteiger partial charge in [0.1, 0.15) is 5.75 Å². The first-order valence-corrected chi connectivity index (χ1v) is 11.9. The van der Waals surface area contributed by atoms with Gasteiger partial charge in [0.05, 0.1) is 22.4 Å². The van der Waals surface area contributed by atoms with Gasteiger partial charge in [0, 0.05) is 23.8 Å². The Kier molecular flexibility index (Phi) is 7.29. The molecule has 9 heteroatoms. The number of anilines is 1. The lowest BCUT2D eigenvalue weighted by Gasteiger charge is -2.31. The molecular formula is C21H24Cl2N2O4S. The summed E-state index contributed by atoms with van der Waals surface area (Å²) in [5, 5.41) is 3.68. The van der Waals surface area contributed by atoms with Crippen LogP contribution in [0.1, 0.15) is 25.3 Å². The van der Waals surface area contributed by atoms with Gasteiger partial charge in [-0.3, -0.25) is 4.79 Å². The first kappa shape index (κ1) is 22.9. The second kappa shape index (κ2) is 9.56. The minimum Gasteiger partial charge on any atom is -0.492 e. The summed E-state index contributed by atoms with van der Waals surface area (Å²) < 4.78 is 32.9. The van der Waals surface area contributed by atoms with Gasteiger partial charge in [-0.15, -0.1) is 0 Å². The molecule has 6 nitrogen and oxygen atoms in total. The van der Waals surface area contributed by atoms with Crippen LogP contribution in [0.3, 0.4) is 0 Å². The number of hydrogen-bond donors (Lipinski definition) is 1. The summed E-state index contributed by atoms with van der Waals surface area (Å²) in [6.07, 6.45) is 1.21. The molecule has 1 fully saturated rings. The van der Waals surface area contributed by atoms with Crippen LogP contribution in [-0.4, -0.2) is 38.3 Å². The van der Waals surface area contributed by atoms with Crippen molar-refractivity contribution in [2.45, 2.75) is 31.6 Å². The fourth-order valence-corrected chi connectivity index (χ4v) is 5.44. The fourth-order valence-electron chi connectivity index (χ4n) is 3.42. The number of sulfonamides is 1. The minimum atomic E-state index is -3.78. The predicted molar refractivity (Wildman–Crippen MR) is 119 cm³/mol. The van der Waals surface area contributed by atoms with Crippen LogP contribution >= 0.6 is 23.2 Å². The Labute approximate surface area is 187 Å². The van der Waals surface area contributed by atoms with Gasteiger partial charge in [0.15, 0.2) is 0 Å². The van der Waals surface area contributed by atoms with Gasteiger partial charge >= 0.3 is 0 Å². The molecular weight excluding hydrogens is 447 g/mol. The van der Waals surface area contributed by atoms with Crippen LogP contribution in [0, 0.1) is 12.8 Å². The summed E-state index contributed by atoms with van der Waals surface area (Å²) in [4.78, 5) is 12.9. The molecule has 1 aliphatic rings. The minimum absolute atomic E-state index is 0.0858. The molecule has 162 valence electrons. The van der Waals surface area contributed by atoms with Crippen LogP contribution in [0.15, 0.2) is 41.3 Å². The summed E-state index contributed by atoms with van der Waals surface area (Å²) >= 11 is 12.3. The van der Waals surface area contributed by atoms with Crippen LogP contribution in [0.4, 0.5) is 5.69 Å². The molecule has 2 aromatic rings. The monoisotopic (exact) mass is 470 g/mol. The molecule has 1 aliphatic heterocycles. The number of carbonyl (C=O) groups excluding carboxylic acids is 1. The zero-order valence-electron chi connectivity index (χ0n) is 16.8. The van der Waals surface area contributed by atoms with E-state index in [1.54, 1.807) is 24.3 Å². The van der Waals surface area contributed by atoms with Crippen LogP contribution < -0.4 is 10.1 Å². The maximum Gasteiger partial charge on any atom is 0.243 e. The third kappa shape index (κ3) is 4.91. The maximum absolute atomic E-state index is 13.1. The molecule has 0 aliphatic carbocycles. The van der Waals surface area contributed by atoms with E-state index < -0.39 is 15.9 Å². The molecule has 1 saturated heterocycles. The highest BCUT2D eigenvalue weighted by Crippen LogP contribution is 2.31. The Morgan fingerprint density at radius 3 is 2.70 bits per heavy atom. The molecule has 0 bridgehead atoms. The highest BCUT2D eigenvalue weighted by Gasteiger charge is 2.33. The lowest BCUT2D eigenvalue weighted by atomic mass is 9.98.